The van der Waals surface area contributed by atoms with Gasteiger partial charge in [0, 0.05) is 36.5 Å². The van der Waals surface area contributed by atoms with E-state index >= 15 is 0 Å². The van der Waals surface area contributed by atoms with E-state index in [9.17, 15) is 9.59 Å². The first-order valence-corrected chi connectivity index (χ1v) is 9.24. The molecule has 0 atom stereocenters. The lowest BCUT2D eigenvalue weighted by atomic mass is 10.1. The Hall–Kier alpha value is -2.99. The van der Waals surface area contributed by atoms with E-state index in [2.05, 4.69) is 9.97 Å². The summed E-state index contributed by atoms with van der Waals surface area (Å²) in [5.41, 5.74) is 2.56. The summed E-state index contributed by atoms with van der Waals surface area (Å²) < 4.78 is 5.34. The number of rotatable bonds is 6. The van der Waals surface area contributed by atoms with Gasteiger partial charge in [-0.3, -0.25) is 14.6 Å². The molecule has 7 heteroatoms. The molecule has 6 nitrogen and oxygen atoms in total. The monoisotopic (exact) mass is 397 g/mol. The van der Waals surface area contributed by atoms with Crippen LogP contribution >= 0.6 is 11.6 Å². The number of carbonyl (C=O) groups excluding carboxylic acids is 2. The lowest BCUT2D eigenvalue weighted by Gasteiger charge is -2.17. The zero-order valence-electron chi connectivity index (χ0n) is 15.9. The van der Waals surface area contributed by atoms with Gasteiger partial charge in [0.25, 0.3) is 0 Å². The molecule has 144 valence electrons. The molecule has 0 aliphatic rings. The van der Waals surface area contributed by atoms with E-state index < -0.39 is 0 Å². The van der Waals surface area contributed by atoms with Gasteiger partial charge in [-0.05, 0) is 37.3 Å². The zero-order chi connectivity index (χ0) is 20.3. The maximum absolute atomic E-state index is 12.3. The fourth-order valence-corrected chi connectivity index (χ4v) is 3.01. The van der Waals surface area contributed by atoms with Gasteiger partial charge >= 0.3 is 0 Å². The van der Waals surface area contributed by atoms with Crippen molar-refractivity contribution in [2.45, 2.75) is 26.7 Å². The Morgan fingerprint density at radius 3 is 2.50 bits per heavy atom. The number of halogens is 1. The summed E-state index contributed by atoms with van der Waals surface area (Å²) in [5.74, 6) is 0.935. The molecule has 3 aromatic rings. The number of Topliss-reactive ketones (excluding diaryl/α,β-unsaturated/α-hetero) is 1. The van der Waals surface area contributed by atoms with Crippen molar-refractivity contribution in [3.63, 3.8) is 0 Å². The molecule has 2 aromatic heterocycles. The topological polar surface area (TPSA) is 76.3 Å². The molecule has 0 aliphatic carbocycles. The van der Waals surface area contributed by atoms with E-state index in [1.54, 1.807) is 43.3 Å². The maximum Gasteiger partial charge on any atom is 0.226 e. The molecule has 28 heavy (non-hydrogen) atoms. The van der Waals surface area contributed by atoms with Gasteiger partial charge in [0.2, 0.25) is 11.8 Å². The summed E-state index contributed by atoms with van der Waals surface area (Å²) >= 11 is 6.40. The molecule has 0 saturated heterocycles. The Kier molecular flexibility index (Phi) is 5.90. The minimum atomic E-state index is -0.123. The van der Waals surface area contributed by atoms with Crippen molar-refractivity contribution >= 4 is 29.0 Å². The average Bonchev–Trinajstić information content (AvgIpc) is 3.11. The maximum atomic E-state index is 12.3. The lowest BCUT2D eigenvalue weighted by Crippen LogP contribution is -2.24. The molecule has 2 heterocycles. The first kappa shape index (κ1) is 19.8. The predicted octanol–water partition coefficient (Wildman–Crippen LogP) is 4.50. The average molecular weight is 398 g/mol. The first-order valence-electron chi connectivity index (χ1n) is 8.86. The van der Waals surface area contributed by atoms with Crippen LogP contribution in [0.15, 0.2) is 47.1 Å². The molecular weight excluding hydrogens is 378 g/mol. The fourth-order valence-electron chi connectivity index (χ4n) is 2.74. The van der Waals surface area contributed by atoms with Gasteiger partial charge in [0.05, 0.1) is 23.3 Å². The highest BCUT2D eigenvalue weighted by Crippen LogP contribution is 2.30. The van der Waals surface area contributed by atoms with E-state index in [1.807, 2.05) is 19.1 Å². The summed E-state index contributed by atoms with van der Waals surface area (Å²) in [6, 6.07) is 8.82. The first-order chi connectivity index (χ1) is 13.4. The minimum Gasteiger partial charge on any atom is -0.446 e. The smallest absolute Gasteiger partial charge is 0.226 e. The van der Waals surface area contributed by atoms with E-state index in [1.165, 1.54) is 6.20 Å². The molecule has 0 unspecified atom stereocenters. The van der Waals surface area contributed by atoms with Crippen LogP contribution in [-0.2, 0) is 11.2 Å². The predicted molar refractivity (Wildman–Crippen MR) is 108 cm³/mol. The summed E-state index contributed by atoms with van der Waals surface area (Å²) in [4.78, 5) is 34.2. The SMILES string of the molecule is CCC(=O)N(C)c1ccc(-c2ccc(C(=O)Cc3ncc(C)o3)cn2)c(Cl)c1. The van der Waals surface area contributed by atoms with Crippen LogP contribution in [-0.4, -0.2) is 28.7 Å². The van der Waals surface area contributed by atoms with Crippen molar-refractivity contribution in [3.05, 3.63) is 65.0 Å². The zero-order valence-corrected chi connectivity index (χ0v) is 16.7. The number of ketones is 1. The summed E-state index contributed by atoms with van der Waals surface area (Å²) in [7, 11) is 1.71. The van der Waals surface area contributed by atoms with Gasteiger partial charge in [-0.25, -0.2) is 4.98 Å². The summed E-state index contributed by atoms with van der Waals surface area (Å²) in [6.45, 7) is 3.59. The quantitative estimate of drug-likeness (QED) is 0.572. The molecule has 0 aliphatic heterocycles. The highest BCUT2D eigenvalue weighted by Gasteiger charge is 2.14. The Balaban J connectivity index is 1.77. The molecule has 1 aromatic carbocycles. The second-order valence-corrected chi connectivity index (χ2v) is 6.77. The van der Waals surface area contributed by atoms with Crippen molar-refractivity contribution in [1.82, 2.24) is 9.97 Å². The van der Waals surface area contributed by atoms with Gasteiger partial charge < -0.3 is 9.32 Å². The summed E-state index contributed by atoms with van der Waals surface area (Å²) in [6.07, 6.45) is 3.60. The largest absolute Gasteiger partial charge is 0.446 e. The Morgan fingerprint density at radius 2 is 1.93 bits per heavy atom. The number of benzene rings is 1. The van der Waals surface area contributed by atoms with E-state index in [-0.39, 0.29) is 18.1 Å². The van der Waals surface area contributed by atoms with Crippen LogP contribution in [0.3, 0.4) is 0 Å². The lowest BCUT2D eigenvalue weighted by molar-refractivity contribution is -0.118. The number of anilines is 1. The molecule has 0 fully saturated rings. The van der Waals surface area contributed by atoms with Crippen LogP contribution in [0, 0.1) is 6.92 Å². The van der Waals surface area contributed by atoms with Crippen molar-refractivity contribution in [3.8, 4) is 11.3 Å². The van der Waals surface area contributed by atoms with Crippen LogP contribution in [0.1, 0.15) is 35.4 Å². The van der Waals surface area contributed by atoms with Gasteiger partial charge in [-0.1, -0.05) is 18.5 Å². The van der Waals surface area contributed by atoms with Crippen LogP contribution in [0.2, 0.25) is 5.02 Å². The molecule has 0 radical (unpaired) electrons. The third-order valence-electron chi connectivity index (χ3n) is 4.36. The molecule has 0 bridgehead atoms. The Morgan fingerprint density at radius 1 is 1.14 bits per heavy atom. The van der Waals surface area contributed by atoms with Gasteiger partial charge in [0.15, 0.2) is 5.78 Å². The van der Waals surface area contributed by atoms with Crippen LogP contribution in [0.4, 0.5) is 5.69 Å². The number of hydrogen-bond donors (Lipinski definition) is 0. The van der Waals surface area contributed by atoms with E-state index in [0.717, 1.165) is 5.56 Å². The second-order valence-electron chi connectivity index (χ2n) is 6.37. The van der Waals surface area contributed by atoms with Crippen molar-refractivity contribution in [1.29, 1.82) is 0 Å². The van der Waals surface area contributed by atoms with Gasteiger partial charge in [-0.2, -0.15) is 0 Å². The Labute approximate surface area is 168 Å². The molecule has 1 amide bonds. The number of amides is 1. The van der Waals surface area contributed by atoms with E-state index in [0.29, 0.717) is 40.0 Å². The normalized spacial score (nSPS) is 10.7. The highest BCUT2D eigenvalue weighted by molar-refractivity contribution is 6.33. The van der Waals surface area contributed by atoms with Crippen molar-refractivity contribution in [2.24, 2.45) is 0 Å². The van der Waals surface area contributed by atoms with Crippen molar-refractivity contribution < 1.29 is 14.0 Å². The molecule has 3 rings (SSSR count). The number of hydrogen-bond acceptors (Lipinski definition) is 5. The highest BCUT2D eigenvalue weighted by atomic mass is 35.5. The molecule has 0 spiro atoms. The van der Waals surface area contributed by atoms with Gasteiger partial charge in [0.1, 0.15) is 5.76 Å². The number of aromatic nitrogens is 2. The van der Waals surface area contributed by atoms with Crippen LogP contribution < -0.4 is 4.90 Å². The third kappa shape index (κ3) is 4.28. The minimum absolute atomic E-state index is 0.00560. The van der Waals surface area contributed by atoms with Crippen molar-refractivity contribution in [2.75, 3.05) is 11.9 Å². The standard InChI is InChI=1S/C21H20ClN3O3/c1-4-21(27)25(3)15-6-7-16(17(22)9-15)18-8-5-14(12-23-18)19(26)10-20-24-11-13(2)28-20/h5-9,11-12H,4,10H2,1-3H3. The fraction of sp³-hybridized carbons (Fsp3) is 0.238. The second kappa shape index (κ2) is 8.35. The number of aryl methyl sites for hydroxylation is 1. The van der Waals surface area contributed by atoms with Crippen LogP contribution in [0.5, 0.6) is 0 Å². The summed E-state index contributed by atoms with van der Waals surface area (Å²) in [5, 5.41) is 0.482. The number of carbonyl (C=O) groups is 2. The molecule has 0 N–H and O–H groups in total. The van der Waals surface area contributed by atoms with Crippen LogP contribution in [0.25, 0.3) is 11.3 Å². The molecular formula is C21H20ClN3O3. The Bertz CT molecular complexity index is 1010. The number of pyridine rings is 1. The third-order valence-corrected chi connectivity index (χ3v) is 4.67. The van der Waals surface area contributed by atoms with E-state index in [4.69, 9.17) is 16.0 Å². The number of nitrogens with zero attached hydrogens (tertiary/aromatic N) is 3. The van der Waals surface area contributed by atoms with Gasteiger partial charge in [-0.15, -0.1) is 0 Å². The number of oxazole rings is 1. The molecule has 0 saturated carbocycles.